The first-order chi connectivity index (χ1) is 14.9. The zero-order valence-corrected chi connectivity index (χ0v) is 19.0. The Kier molecular flexibility index (Phi) is 5.24. The van der Waals surface area contributed by atoms with E-state index >= 15 is 0 Å². The first-order valence-corrected chi connectivity index (χ1v) is 12.2. The number of phenolic OH excluding ortho intramolecular Hbond substituents is 1. The molecule has 0 aliphatic carbocycles. The van der Waals surface area contributed by atoms with Crippen LogP contribution in [0.3, 0.4) is 0 Å². The molecule has 0 unspecified atom stereocenters. The van der Waals surface area contributed by atoms with Gasteiger partial charge in [-0.3, -0.25) is 4.55 Å². The van der Waals surface area contributed by atoms with Gasteiger partial charge in [0, 0.05) is 22.2 Å². The molecule has 0 aliphatic rings. The Labute approximate surface area is 188 Å². The van der Waals surface area contributed by atoms with E-state index in [0.29, 0.717) is 11.4 Å². The lowest BCUT2D eigenvalue weighted by atomic mass is 10.2. The van der Waals surface area contributed by atoms with Gasteiger partial charge in [0.15, 0.2) is 5.75 Å². The quantitative estimate of drug-likeness (QED) is 0.320. The van der Waals surface area contributed by atoms with Crippen LogP contribution in [0.2, 0.25) is 5.02 Å². The molecule has 0 saturated carbocycles. The molecule has 9 nitrogen and oxygen atoms in total. The Hall–Kier alpha value is -2.99. The van der Waals surface area contributed by atoms with Crippen LogP contribution in [0.4, 0.5) is 0 Å². The Bertz CT molecular complexity index is 1640. The van der Waals surface area contributed by atoms with E-state index in [9.17, 15) is 26.5 Å². The van der Waals surface area contributed by atoms with Gasteiger partial charge in [0.2, 0.25) is 0 Å². The average molecular weight is 495 g/mol. The van der Waals surface area contributed by atoms with Crippen LogP contribution in [-0.4, -0.2) is 36.5 Å². The highest BCUT2D eigenvalue weighted by Crippen LogP contribution is 2.39. The van der Waals surface area contributed by atoms with Crippen molar-refractivity contribution in [2.75, 3.05) is 0 Å². The van der Waals surface area contributed by atoms with E-state index in [4.69, 9.17) is 15.8 Å². The Balaban J connectivity index is 1.96. The van der Waals surface area contributed by atoms with Crippen molar-refractivity contribution < 1.29 is 30.7 Å². The number of phenols is 1. The molecule has 0 radical (unpaired) electrons. The van der Waals surface area contributed by atoms with Gasteiger partial charge >= 0.3 is 10.1 Å². The number of rotatable bonds is 4. The first kappa shape index (κ1) is 22.2. The maximum atomic E-state index is 13.2. The number of hydrogen-bond donors (Lipinski definition) is 2. The minimum Gasteiger partial charge on any atom is -0.506 e. The van der Waals surface area contributed by atoms with Crippen LogP contribution < -0.4 is 4.18 Å². The van der Waals surface area contributed by atoms with Crippen molar-refractivity contribution >= 4 is 53.6 Å². The fraction of sp³-hybridized carbons (Fsp3) is 0.100. The number of benzene rings is 2. The van der Waals surface area contributed by atoms with Crippen molar-refractivity contribution in [3.63, 3.8) is 0 Å². The SMILES string of the molecule is Cc1ccc2c(S(=O)(=O)Oc3c(Cl)cc(S(=O)(=O)O)c4ccc(C)nc34)ccc(O)c2n1. The third kappa shape index (κ3) is 3.84. The molecule has 0 aliphatic heterocycles. The van der Waals surface area contributed by atoms with Crippen molar-refractivity contribution in [1.29, 1.82) is 0 Å². The summed E-state index contributed by atoms with van der Waals surface area (Å²) in [7, 11) is -9.21. The highest BCUT2D eigenvalue weighted by atomic mass is 35.5. The zero-order chi connectivity index (χ0) is 23.4. The Morgan fingerprint density at radius 2 is 1.41 bits per heavy atom. The van der Waals surface area contributed by atoms with E-state index < -0.39 is 30.9 Å². The fourth-order valence-corrected chi connectivity index (χ4v) is 5.44. The predicted molar refractivity (Wildman–Crippen MR) is 117 cm³/mol. The molecule has 0 spiro atoms. The summed E-state index contributed by atoms with van der Waals surface area (Å²) in [5.41, 5.74) is 0.905. The molecule has 4 rings (SSSR count). The van der Waals surface area contributed by atoms with Gasteiger partial charge < -0.3 is 9.29 Å². The van der Waals surface area contributed by atoms with E-state index in [1.54, 1.807) is 19.9 Å². The largest absolute Gasteiger partial charge is 0.506 e. The van der Waals surface area contributed by atoms with Crippen molar-refractivity contribution in [3.05, 3.63) is 58.9 Å². The minimum atomic E-state index is -4.68. The molecule has 0 amide bonds. The molecule has 166 valence electrons. The zero-order valence-electron chi connectivity index (χ0n) is 16.6. The highest BCUT2D eigenvalue weighted by Gasteiger charge is 2.27. The van der Waals surface area contributed by atoms with Gasteiger partial charge in [-0.1, -0.05) is 11.6 Å². The number of aromatic hydroxyl groups is 1. The standard InChI is InChI=1S/C20H15ClN2O7S2/c1-10-3-5-12-16(8-7-15(24)18(12)22-10)32(28,29)30-20-14(21)9-17(31(25,26)27)13-6-4-11(2)23-19(13)20/h3-9,24H,1-2H3,(H,25,26,27). The van der Waals surface area contributed by atoms with Crippen LogP contribution in [0.25, 0.3) is 21.8 Å². The molecule has 0 fully saturated rings. The van der Waals surface area contributed by atoms with Crippen LogP contribution in [0.15, 0.2) is 52.3 Å². The van der Waals surface area contributed by atoms with Crippen LogP contribution >= 0.6 is 11.6 Å². The summed E-state index contributed by atoms with van der Waals surface area (Å²) < 4.78 is 64.8. The molecule has 4 aromatic rings. The Morgan fingerprint density at radius 1 is 0.844 bits per heavy atom. The predicted octanol–water partition coefficient (Wildman–Crippen LogP) is 3.77. The third-order valence-corrected chi connectivity index (χ3v) is 7.12. The number of fused-ring (bicyclic) bond motifs is 2. The third-order valence-electron chi connectivity index (χ3n) is 4.67. The van der Waals surface area contributed by atoms with Gasteiger partial charge in [-0.15, -0.1) is 0 Å². The van der Waals surface area contributed by atoms with Gasteiger partial charge in [-0.05, 0) is 56.3 Å². The number of pyridine rings is 2. The molecule has 2 heterocycles. The number of halogens is 1. The topological polar surface area (TPSA) is 144 Å². The van der Waals surface area contributed by atoms with Gasteiger partial charge in [-0.2, -0.15) is 16.8 Å². The van der Waals surface area contributed by atoms with E-state index in [2.05, 4.69) is 9.97 Å². The summed E-state index contributed by atoms with van der Waals surface area (Å²) in [5.74, 6) is -0.611. The fourth-order valence-electron chi connectivity index (χ4n) is 3.24. The number of hydrogen-bond acceptors (Lipinski definition) is 8. The Morgan fingerprint density at radius 3 is 2.00 bits per heavy atom. The van der Waals surface area contributed by atoms with Crippen LogP contribution in [-0.2, 0) is 20.2 Å². The smallest absolute Gasteiger partial charge is 0.340 e. The lowest BCUT2D eigenvalue weighted by Crippen LogP contribution is -2.12. The summed E-state index contributed by atoms with van der Waals surface area (Å²) in [6.45, 7) is 3.29. The molecule has 0 atom stereocenters. The number of nitrogens with zero attached hydrogens (tertiary/aromatic N) is 2. The summed E-state index contributed by atoms with van der Waals surface area (Å²) in [6.07, 6.45) is 0. The lowest BCUT2D eigenvalue weighted by molar-refractivity contribution is 0.478. The van der Waals surface area contributed by atoms with Gasteiger partial charge in [0.1, 0.15) is 26.6 Å². The molecule has 32 heavy (non-hydrogen) atoms. The van der Waals surface area contributed by atoms with Crippen LogP contribution in [0, 0.1) is 13.8 Å². The van der Waals surface area contributed by atoms with Crippen molar-refractivity contribution in [3.8, 4) is 11.5 Å². The van der Waals surface area contributed by atoms with Gasteiger partial charge in [0.05, 0.1) is 5.02 Å². The van der Waals surface area contributed by atoms with Crippen LogP contribution in [0.5, 0.6) is 11.5 Å². The number of aromatic nitrogens is 2. The summed E-state index contributed by atoms with van der Waals surface area (Å²) in [5, 5.41) is 9.75. The monoisotopic (exact) mass is 494 g/mol. The van der Waals surface area contributed by atoms with E-state index in [-0.39, 0.29) is 37.5 Å². The summed E-state index contributed by atoms with van der Waals surface area (Å²) in [4.78, 5) is 7.52. The van der Waals surface area contributed by atoms with Crippen molar-refractivity contribution in [2.24, 2.45) is 0 Å². The van der Waals surface area contributed by atoms with Crippen molar-refractivity contribution in [1.82, 2.24) is 9.97 Å². The normalized spacial score (nSPS) is 12.4. The van der Waals surface area contributed by atoms with Crippen LogP contribution in [0.1, 0.15) is 11.4 Å². The molecule has 0 bridgehead atoms. The molecule has 12 heteroatoms. The minimum absolute atomic E-state index is 0.0689. The second kappa shape index (κ2) is 7.55. The molecule has 2 aromatic heterocycles. The first-order valence-electron chi connectivity index (χ1n) is 8.99. The second-order valence-corrected chi connectivity index (χ2v) is 10.3. The highest BCUT2D eigenvalue weighted by molar-refractivity contribution is 7.87. The van der Waals surface area contributed by atoms with E-state index in [0.717, 1.165) is 12.1 Å². The van der Waals surface area contributed by atoms with E-state index in [1.165, 1.54) is 24.3 Å². The summed E-state index contributed by atoms with van der Waals surface area (Å²) in [6, 6.07) is 9.14. The second-order valence-electron chi connectivity index (χ2n) is 6.98. The lowest BCUT2D eigenvalue weighted by Gasteiger charge is -2.14. The van der Waals surface area contributed by atoms with Gasteiger partial charge in [-0.25, -0.2) is 9.97 Å². The number of aryl methyl sites for hydroxylation is 2. The molecule has 2 aromatic carbocycles. The maximum absolute atomic E-state index is 13.2. The molecular weight excluding hydrogens is 480 g/mol. The maximum Gasteiger partial charge on any atom is 0.340 e. The molecule has 0 saturated heterocycles. The summed E-state index contributed by atoms with van der Waals surface area (Å²) >= 11 is 6.17. The van der Waals surface area contributed by atoms with Gasteiger partial charge in [0.25, 0.3) is 10.1 Å². The molecule has 2 N–H and O–H groups in total. The van der Waals surface area contributed by atoms with E-state index in [1.807, 2.05) is 0 Å². The van der Waals surface area contributed by atoms with Crippen molar-refractivity contribution in [2.45, 2.75) is 23.6 Å². The molecular formula is C20H15ClN2O7S2. The average Bonchev–Trinajstić information content (AvgIpc) is 2.69.